The average molecular weight is 250 g/mol. The van der Waals surface area contributed by atoms with Crippen LogP contribution in [0.5, 0.6) is 0 Å². The molecule has 6 heteroatoms. The zero-order valence-corrected chi connectivity index (χ0v) is 10.8. The molecule has 0 aromatic heterocycles. The lowest BCUT2D eigenvalue weighted by Gasteiger charge is -2.11. The molecule has 0 radical (unpaired) electrons. The second-order valence-electron chi connectivity index (χ2n) is 3.47. The van der Waals surface area contributed by atoms with Crippen LogP contribution in [0.1, 0.15) is 19.8 Å². The molecule has 5 nitrogen and oxygen atoms in total. The highest BCUT2D eigenvalue weighted by Crippen LogP contribution is 1.94. The van der Waals surface area contributed by atoms with E-state index in [2.05, 4.69) is 5.32 Å². The van der Waals surface area contributed by atoms with E-state index in [9.17, 15) is 9.00 Å². The number of nitrogens with two attached hydrogens (primary N) is 1. The van der Waals surface area contributed by atoms with Gasteiger partial charge in [0, 0.05) is 42.6 Å². The van der Waals surface area contributed by atoms with E-state index in [0.29, 0.717) is 31.1 Å². The molecule has 2 atom stereocenters. The Hall–Kier alpha value is -0.460. The smallest absolute Gasteiger partial charge is 0.236 e. The van der Waals surface area contributed by atoms with Crippen LogP contribution >= 0.6 is 0 Å². The van der Waals surface area contributed by atoms with Crippen molar-refractivity contribution in [2.24, 2.45) is 5.73 Å². The number of rotatable bonds is 9. The van der Waals surface area contributed by atoms with Gasteiger partial charge in [-0.15, -0.1) is 0 Å². The molecule has 0 aliphatic carbocycles. The highest BCUT2D eigenvalue weighted by atomic mass is 32.2. The van der Waals surface area contributed by atoms with E-state index in [0.717, 1.165) is 6.42 Å². The molecule has 0 rings (SSSR count). The number of ether oxygens (including phenoxy) is 1. The Morgan fingerprint density at radius 1 is 1.56 bits per heavy atom. The summed E-state index contributed by atoms with van der Waals surface area (Å²) in [4.78, 5) is 11.4. The zero-order chi connectivity index (χ0) is 12.4. The molecular formula is C10H22N2O3S. The summed E-state index contributed by atoms with van der Waals surface area (Å²) < 4.78 is 16.0. The summed E-state index contributed by atoms with van der Waals surface area (Å²) in [6.07, 6.45) is 1.38. The van der Waals surface area contributed by atoms with Crippen molar-refractivity contribution in [1.82, 2.24) is 5.32 Å². The maximum atomic E-state index is 11.4. The lowest BCUT2D eigenvalue weighted by atomic mass is 10.1. The Balaban J connectivity index is 3.58. The summed E-state index contributed by atoms with van der Waals surface area (Å²) in [5.74, 6) is 0.937. The Kier molecular flexibility index (Phi) is 9.46. The lowest BCUT2D eigenvalue weighted by Crippen LogP contribution is -2.42. The Bertz CT molecular complexity index is 224. The van der Waals surface area contributed by atoms with Gasteiger partial charge in [-0.05, 0) is 12.8 Å². The van der Waals surface area contributed by atoms with Crippen molar-refractivity contribution in [2.45, 2.75) is 25.8 Å². The van der Waals surface area contributed by atoms with E-state index >= 15 is 0 Å². The van der Waals surface area contributed by atoms with Crippen molar-refractivity contribution in [3.05, 3.63) is 0 Å². The first-order valence-corrected chi connectivity index (χ1v) is 6.97. The van der Waals surface area contributed by atoms with Crippen LogP contribution in [0.25, 0.3) is 0 Å². The molecule has 0 aromatic rings. The largest absolute Gasteiger partial charge is 0.385 e. The molecule has 16 heavy (non-hydrogen) atoms. The Morgan fingerprint density at radius 2 is 2.25 bits per heavy atom. The monoisotopic (exact) mass is 250 g/mol. The number of carbonyl (C=O) groups is 1. The van der Waals surface area contributed by atoms with Gasteiger partial charge in [0.1, 0.15) is 0 Å². The fourth-order valence-electron chi connectivity index (χ4n) is 1.14. The predicted octanol–water partition coefficient (Wildman–Crippen LogP) is -0.375. The van der Waals surface area contributed by atoms with Crippen LogP contribution in [0.15, 0.2) is 0 Å². The fourth-order valence-corrected chi connectivity index (χ4v) is 1.76. The quantitative estimate of drug-likeness (QED) is 0.547. The first kappa shape index (κ1) is 15.5. The van der Waals surface area contributed by atoms with E-state index in [1.807, 2.05) is 6.92 Å². The van der Waals surface area contributed by atoms with Crippen LogP contribution in [0.3, 0.4) is 0 Å². The number of hydrogen-bond acceptors (Lipinski definition) is 4. The maximum absolute atomic E-state index is 11.4. The summed E-state index contributed by atoms with van der Waals surface area (Å²) in [7, 11) is 0.778. The minimum atomic E-state index is -0.839. The van der Waals surface area contributed by atoms with E-state index in [1.165, 1.54) is 0 Å². The van der Waals surface area contributed by atoms with Crippen LogP contribution in [0.4, 0.5) is 0 Å². The van der Waals surface area contributed by atoms with Gasteiger partial charge >= 0.3 is 0 Å². The first-order chi connectivity index (χ1) is 7.61. The second-order valence-corrected chi connectivity index (χ2v) is 5.33. The van der Waals surface area contributed by atoms with Crippen LogP contribution in [-0.4, -0.2) is 47.9 Å². The maximum Gasteiger partial charge on any atom is 0.236 e. The van der Waals surface area contributed by atoms with Gasteiger partial charge in [0.05, 0.1) is 6.04 Å². The topological polar surface area (TPSA) is 81.4 Å². The molecule has 0 aliphatic heterocycles. The molecular weight excluding hydrogens is 228 g/mol. The van der Waals surface area contributed by atoms with Crippen LogP contribution < -0.4 is 11.1 Å². The molecule has 0 saturated carbocycles. The van der Waals surface area contributed by atoms with Gasteiger partial charge in [-0.3, -0.25) is 9.00 Å². The molecule has 0 spiro atoms. The lowest BCUT2D eigenvalue weighted by molar-refractivity contribution is -0.122. The first-order valence-electron chi connectivity index (χ1n) is 5.49. The summed E-state index contributed by atoms with van der Waals surface area (Å²) in [5, 5.41) is 2.68. The summed E-state index contributed by atoms with van der Waals surface area (Å²) in [6.45, 7) is 2.90. The molecule has 0 fully saturated rings. The predicted molar refractivity (Wildman–Crippen MR) is 65.6 cm³/mol. The van der Waals surface area contributed by atoms with Crippen LogP contribution in [-0.2, 0) is 20.3 Å². The molecule has 0 heterocycles. The van der Waals surface area contributed by atoms with E-state index < -0.39 is 16.8 Å². The molecule has 1 amide bonds. The molecule has 3 N–H and O–H groups in total. The third-order valence-corrected chi connectivity index (χ3v) is 3.45. The molecule has 0 saturated heterocycles. The van der Waals surface area contributed by atoms with E-state index in [-0.39, 0.29) is 5.91 Å². The summed E-state index contributed by atoms with van der Waals surface area (Å²) in [5.41, 5.74) is 5.66. The van der Waals surface area contributed by atoms with Gasteiger partial charge < -0.3 is 15.8 Å². The van der Waals surface area contributed by atoms with Gasteiger partial charge in [-0.1, -0.05) is 6.92 Å². The molecule has 96 valence electrons. The number of carbonyl (C=O) groups excluding carboxylic acids is 1. The number of amides is 1. The molecule has 0 aromatic carbocycles. The Labute approximate surface area is 99.6 Å². The zero-order valence-electron chi connectivity index (χ0n) is 10.0. The van der Waals surface area contributed by atoms with Crippen molar-refractivity contribution >= 4 is 16.7 Å². The minimum Gasteiger partial charge on any atom is -0.385 e. The molecule has 0 bridgehead atoms. The third kappa shape index (κ3) is 7.78. The normalized spacial score (nSPS) is 14.4. The van der Waals surface area contributed by atoms with Gasteiger partial charge in [-0.25, -0.2) is 0 Å². The van der Waals surface area contributed by atoms with Crippen molar-refractivity contribution in [3.63, 3.8) is 0 Å². The highest BCUT2D eigenvalue weighted by Gasteiger charge is 2.12. The van der Waals surface area contributed by atoms with Crippen molar-refractivity contribution < 1.29 is 13.7 Å². The molecule has 0 aliphatic rings. The van der Waals surface area contributed by atoms with Crippen LogP contribution in [0, 0.1) is 0 Å². The van der Waals surface area contributed by atoms with Gasteiger partial charge in [-0.2, -0.15) is 0 Å². The van der Waals surface area contributed by atoms with Crippen molar-refractivity contribution in [1.29, 1.82) is 0 Å². The number of methoxy groups -OCH3 is 1. The van der Waals surface area contributed by atoms with Crippen molar-refractivity contribution in [2.75, 3.05) is 31.8 Å². The highest BCUT2D eigenvalue weighted by molar-refractivity contribution is 7.84. The summed E-state index contributed by atoms with van der Waals surface area (Å²) in [6, 6.07) is -0.495. The Morgan fingerprint density at radius 3 is 2.81 bits per heavy atom. The third-order valence-electron chi connectivity index (χ3n) is 2.15. The van der Waals surface area contributed by atoms with Gasteiger partial charge in [0.25, 0.3) is 0 Å². The fraction of sp³-hybridized carbons (Fsp3) is 0.900. The average Bonchev–Trinajstić information content (AvgIpc) is 2.28. The summed E-state index contributed by atoms with van der Waals surface area (Å²) >= 11 is 0. The number of nitrogens with one attached hydrogen (secondary N) is 1. The van der Waals surface area contributed by atoms with Gasteiger partial charge in [0.15, 0.2) is 0 Å². The molecule has 2 unspecified atom stereocenters. The minimum absolute atomic E-state index is 0.177. The van der Waals surface area contributed by atoms with Crippen LogP contribution in [0.2, 0.25) is 0 Å². The number of hydrogen-bond donors (Lipinski definition) is 2. The van der Waals surface area contributed by atoms with Gasteiger partial charge in [0.2, 0.25) is 5.91 Å². The standard InChI is InChI=1S/C10H22N2O3S/c1-3-16(14)8-6-12-10(13)9(11)5-4-7-15-2/h9H,3-8,11H2,1-2H3,(H,12,13). The SMILES string of the molecule is CCS(=O)CCNC(=O)C(N)CCCOC. The van der Waals surface area contributed by atoms with E-state index in [4.69, 9.17) is 10.5 Å². The van der Waals surface area contributed by atoms with Crippen molar-refractivity contribution in [3.8, 4) is 0 Å². The van der Waals surface area contributed by atoms with E-state index in [1.54, 1.807) is 7.11 Å². The second kappa shape index (κ2) is 9.74.